The first kappa shape index (κ1) is 14.8. The van der Waals surface area contributed by atoms with Gasteiger partial charge in [0.25, 0.3) is 0 Å². The highest BCUT2D eigenvalue weighted by Gasteiger charge is 2.23. The van der Waals surface area contributed by atoms with E-state index in [-0.39, 0.29) is 0 Å². The van der Waals surface area contributed by atoms with Gasteiger partial charge in [-0.05, 0) is 54.9 Å². The summed E-state index contributed by atoms with van der Waals surface area (Å²) in [6.45, 7) is 5.60. The summed E-state index contributed by atoms with van der Waals surface area (Å²) in [7, 11) is 0. The number of fused-ring (bicyclic) bond motifs is 1. The van der Waals surface area contributed by atoms with Crippen LogP contribution >= 0.6 is 11.6 Å². The van der Waals surface area contributed by atoms with Crippen molar-refractivity contribution in [3.63, 3.8) is 0 Å². The molecule has 2 aromatic rings. The minimum absolute atomic E-state index is 0.623. The lowest BCUT2D eigenvalue weighted by atomic mass is 9.80. The van der Waals surface area contributed by atoms with Crippen molar-refractivity contribution in [2.75, 3.05) is 0 Å². The van der Waals surface area contributed by atoms with Crippen molar-refractivity contribution < 1.29 is 0 Å². The van der Waals surface area contributed by atoms with E-state index in [1.54, 1.807) is 0 Å². The number of aromatic nitrogens is 1. The van der Waals surface area contributed by atoms with Crippen molar-refractivity contribution in [3.8, 4) is 0 Å². The van der Waals surface area contributed by atoms with E-state index in [1.807, 2.05) is 24.4 Å². The minimum Gasteiger partial charge on any atom is -0.310 e. The molecule has 1 N–H and O–H groups in total. The predicted molar refractivity (Wildman–Crippen MR) is 89.6 cm³/mol. The zero-order valence-corrected chi connectivity index (χ0v) is 13.5. The van der Waals surface area contributed by atoms with Crippen molar-refractivity contribution >= 4 is 22.5 Å². The van der Waals surface area contributed by atoms with Crippen molar-refractivity contribution in [2.24, 2.45) is 11.8 Å². The SMILES string of the molecule is CC1CC(C)CC(NCc2ccc(Cl)c3cccnc23)C1. The van der Waals surface area contributed by atoms with Gasteiger partial charge in [-0.3, -0.25) is 4.98 Å². The third-order valence-corrected chi connectivity index (χ3v) is 4.89. The average Bonchev–Trinajstić information content (AvgIpc) is 2.46. The Balaban J connectivity index is 1.75. The molecule has 1 aliphatic rings. The standard InChI is InChI=1S/C18H23ClN2/c1-12-8-13(2)10-15(9-12)21-11-14-5-6-17(19)16-4-3-7-20-18(14)16/h3-7,12-13,15,21H,8-11H2,1-2H3. The van der Waals surface area contributed by atoms with Crippen LogP contribution in [0.1, 0.15) is 38.7 Å². The Kier molecular flexibility index (Phi) is 4.46. The molecule has 2 atom stereocenters. The van der Waals surface area contributed by atoms with Crippen LogP contribution in [0.2, 0.25) is 5.02 Å². The first-order valence-corrected chi connectivity index (χ1v) is 8.26. The van der Waals surface area contributed by atoms with Crippen LogP contribution in [0.15, 0.2) is 30.5 Å². The lowest BCUT2D eigenvalue weighted by Crippen LogP contribution is -2.35. The second kappa shape index (κ2) is 6.33. The fourth-order valence-corrected chi connectivity index (χ4v) is 3.92. The summed E-state index contributed by atoms with van der Waals surface area (Å²) in [5.74, 6) is 1.65. The third kappa shape index (κ3) is 3.38. The van der Waals surface area contributed by atoms with Crippen molar-refractivity contribution in [1.29, 1.82) is 0 Å². The maximum Gasteiger partial charge on any atom is 0.0761 e. The summed E-state index contributed by atoms with van der Waals surface area (Å²) in [6, 6.07) is 8.68. The number of hydrogen-bond acceptors (Lipinski definition) is 2. The van der Waals surface area contributed by atoms with Gasteiger partial charge in [0.05, 0.1) is 5.52 Å². The van der Waals surface area contributed by atoms with E-state index in [2.05, 4.69) is 30.2 Å². The number of rotatable bonds is 3. The van der Waals surface area contributed by atoms with Gasteiger partial charge in [-0.1, -0.05) is 31.5 Å². The molecule has 1 fully saturated rings. The lowest BCUT2D eigenvalue weighted by Gasteiger charge is -2.32. The van der Waals surface area contributed by atoms with Gasteiger partial charge in [0.1, 0.15) is 0 Å². The molecular weight excluding hydrogens is 280 g/mol. The number of hydrogen-bond donors (Lipinski definition) is 1. The minimum atomic E-state index is 0.623. The van der Waals surface area contributed by atoms with Crippen LogP contribution in [-0.2, 0) is 6.54 Å². The lowest BCUT2D eigenvalue weighted by molar-refractivity contribution is 0.238. The number of nitrogens with one attached hydrogen (secondary N) is 1. The number of benzene rings is 1. The Morgan fingerprint density at radius 3 is 2.67 bits per heavy atom. The number of pyridine rings is 1. The van der Waals surface area contributed by atoms with Crippen LogP contribution in [0.4, 0.5) is 0 Å². The molecule has 0 bridgehead atoms. The van der Waals surface area contributed by atoms with Gasteiger partial charge in [-0.25, -0.2) is 0 Å². The molecule has 1 heterocycles. The number of halogens is 1. The highest BCUT2D eigenvalue weighted by atomic mass is 35.5. The third-order valence-electron chi connectivity index (χ3n) is 4.56. The van der Waals surface area contributed by atoms with Crippen LogP contribution in [0.5, 0.6) is 0 Å². The van der Waals surface area contributed by atoms with Crippen LogP contribution in [0.25, 0.3) is 10.9 Å². The maximum absolute atomic E-state index is 6.26. The highest BCUT2D eigenvalue weighted by molar-refractivity contribution is 6.35. The predicted octanol–water partition coefficient (Wildman–Crippen LogP) is 4.80. The first-order chi connectivity index (χ1) is 10.1. The van der Waals surface area contributed by atoms with E-state index in [9.17, 15) is 0 Å². The van der Waals surface area contributed by atoms with E-state index in [4.69, 9.17) is 11.6 Å². The normalized spacial score (nSPS) is 26.1. The summed E-state index contributed by atoms with van der Waals surface area (Å²) in [5.41, 5.74) is 2.26. The molecule has 0 saturated heterocycles. The molecule has 21 heavy (non-hydrogen) atoms. The Bertz CT molecular complexity index is 616. The monoisotopic (exact) mass is 302 g/mol. The average molecular weight is 303 g/mol. The summed E-state index contributed by atoms with van der Waals surface area (Å²) < 4.78 is 0. The molecule has 0 amide bonds. The maximum atomic E-state index is 6.26. The van der Waals surface area contributed by atoms with Crippen molar-refractivity contribution in [2.45, 2.75) is 45.7 Å². The molecule has 2 unspecified atom stereocenters. The van der Waals surface area contributed by atoms with Gasteiger partial charge in [-0.15, -0.1) is 0 Å². The summed E-state index contributed by atoms with van der Waals surface area (Å²) in [4.78, 5) is 4.51. The van der Waals surface area contributed by atoms with Crippen LogP contribution in [0, 0.1) is 11.8 Å². The second-order valence-corrected chi connectivity index (χ2v) is 7.01. The quantitative estimate of drug-likeness (QED) is 0.880. The van der Waals surface area contributed by atoms with Gasteiger partial charge in [0, 0.05) is 29.2 Å². The zero-order valence-electron chi connectivity index (χ0n) is 12.8. The molecule has 1 aromatic heterocycles. The van der Waals surface area contributed by atoms with Crippen molar-refractivity contribution in [1.82, 2.24) is 10.3 Å². The zero-order chi connectivity index (χ0) is 14.8. The van der Waals surface area contributed by atoms with E-state index in [1.165, 1.54) is 24.8 Å². The van der Waals surface area contributed by atoms with E-state index in [0.717, 1.165) is 34.3 Å². The molecule has 0 aliphatic heterocycles. The largest absolute Gasteiger partial charge is 0.310 e. The molecule has 3 heteroatoms. The van der Waals surface area contributed by atoms with E-state index in [0.29, 0.717) is 6.04 Å². The Morgan fingerprint density at radius 2 is 1.90 bits per heavy atom. The second-order valence-electron chi connectivity index (χ2n) is 6.60. The summed E-state index contributed by atoms with van der Waals surface area (Å²) in [6.07, 6.45) is 5.77. The molecule has 0 radical (unpaired) electrons. The molecule has 3 rings (SSSR count). The summed E-state index contributed by atoms with van der Waals surface area (Å²) >= 11 is 6.26. The van der Waals surface area contributed by atoms with Crippen LogP contribution in [0.3, 0.4) is 0 Å². The van der Waals surface area contributed by atoms with Gasteiger partial charge < -0.3 is 5.32 Å². The van der Waals surface area contributed by atoms with Gasteiger partial charge >= 0.3 is 0 Å². The van der Waals surface area contributed by atoms with E-state index >= 15 is 0 Å². The topological polar surface area (TPSA) is 24.9 Å². The van der Waals surface area contributed by atoms with Gasteiger partial charge in [0.15, 0.2) is 0 Å². The highest BCUT2D eigenvalue weighted by Crippen LogP contribution is 2.29. The molecule has 2 nitrogen and oxygen atoms in total. The molecular formula is C18H23ClN2. The molecule has 112 valence electrons. The Morgan fingerprint density at radius 1 is 1.14 bits per heavy atom. The molecule has 1 saturated carbocycles. The molecule has 1 aliphatic carbocycles. The Labute approximate surface area is 131 Å². The molecule has 1 aromatic carbocycles. The van der Waals surface area contributed by atoms with Crippen molar-refractivity contribution in [3.05, 3.63) is 41.0 Å². The van der Waals surface area contributed by atoms with Crippen LogP contribution in [-0.4, -0.2) is 11.0 Å². The smallest absolute Gasteiger partial charge is 0.0761 e. The number of nitrogens with zero attached hydrogens (tertiary/aromatic N) is 1. The first-order valence-electron chi connectivity index (χ1n) is 7.89. The Hall–Kier alpha value is -1.12. The van der Waals surface area contributed by atoms with Gasteiger partial charge in [-0.2, -0.15) is 0 Å². The fourth-order valence-electron chi connectivity index (χ4n) is 3.71. The molecule has 0 spiro atoms. The van der Waals surface area contributed by atoms with Crippen LogP contribution < -0.4 is 5.32 Å². The van der Waals surface area contributed by atoms with E-state index < -0.39 is 0 Å². The summed E-state index contributed by atoms with van der Waals surface area (Å²) in [5, 5.41) is 5.55. The van der Waals surface area contributed by atoms with Gasteiger partial charge in [0.2, 0.25) is 0 Å². The fraction of sp³-hybridized carbons (Fsp3) is 0.500.